The first-order valence-electron chi connectivity index (χ1n) is 6.54. The molecule has 0 unspecified atom stereocenters. The fraction of sp³-hybridized carbons (Fsp3) is 0.429. The number of rotatable bonds is 8. The molecule has 0 aliphatic heterocycles. The predicted octanol–water partition coefficient (Wildman–Crippen LogP) is 1.16. The van der Waals surface area contributed by atoms with Gasteiger partial charge in [-0.05, 0) is 0 Å². The topological polar surface area (TPSA) is 94.3 Å². The van der Waals surface area contributed by atoms with E-state index in [0.29, 0.717) is 35.6 Å². The summed E-state index contributed by atoms with van der Waals surface area (Å²) in [5, 5.41) is 18.6. The zero-order valence-corrected chi connectivity index (χ0v) is 13.7. The molecule has 0 saturated carbocycles. The van der Waals surface area contributed by atoms with E-state index in [4.69, 9.17) is 10.4 Å². The van der Waals surface area contributed by atoms with E-state index in [0.717, 1.165) is 0 Å². The number of nitrogens with zero attached hydrogens (tertiary/aromatic N) is 3. The van der Waals surface area contributed by atoms with Crippen LogP contribution in [0.5, 0.6) is 0 Å². The Labute approximate surface area is 130 Å². The summed E-state index contributed by atoms with van der Waals surface area (Å²) in [5.74, 6) is -0.915. The summed E-state index contributed by atoms with van der Waals surface area (Å²) in [6.07, 6.45) is 1.82. The van der Waals surface area contributed by atoms with E-state index in [1.54, 1.807) is 11.0 Å². The molecule has 1 amide bonds. The Morgan fingerprint density at radius 3 is 2.90 bits per heavy atom. The summed E-state index contributed by atoms with van der Waals surface area (Å²) >= 11 is -0.261. The van der Waals surface area contributed by atoms with Crippen molar-refractivity contribution in [2.75, 3.05) is 13.1 Å². The van der Waals surface area contributed by atoms with Gasteiger partial charge in [0.2, 0.25) is 0 Å². The summed E-state index contributed by atoms with van der Waals surface area (Å²) in [5.41, 5.74) is 0.930. The van der Waals surface area contributed by atoms with Gasteiger partial charge in [-0.3, -0.25) is 0 Å². The molecule has 7 heteroatoms. The first-order chi connectivity index (χ1) is 10.1. The molecule has 0 atom stereocenters. The van der Waals surface area contributed by atoms with Crippen LogP contribution in [0.15, 0.2) is 18.3 Å². The fourth-order valence-electron chi connectivity index (χ4n) is 1.71. The van der Waals surface area contributed by atoms with Gasteiger partial charge in [0.15, 0.2) is 0 Å². The van der Waals surface area contributed by atoms with E-state index in [1.807, 2.05) is 13.0 Å². The van der Waals surface area contributed by atoms with Gasteiger partial charge >= 0.3 is 130 Å². The summed E-state index contributed by atoms with van der Waals surface area (Å²) in [7, 11) is 0. The van der Waals surface area contributed by atoms with E-state index in [2.05, 4.69) is 4.98 Å². The van der Waals surface area contributed by atoms with Crippen molar-refractivity contribution in [2.24, 2.45) is 0 Å². The van der Waals surface area contributed by atoms with Crippen molar-refractivity contribution in [1.82, 2.24) is 9.88 Å². The number of amides is 1. The average Bonchev–Trinajstić information content (AvgIpc) is 2.48. The van der Waals surface area contributed by atoms with Crippen LogP contribution in [0.1, 0.15) is 29.4 Å². The zero-order valence-electron chi connectivity index (χ0n) is 11.8. The van der Waals surface area contributed by atoms with Gasteiger partial charge < -0.3 is 0 Å². The molecule has 0 spiro atoms. The third-order valence-electron chi connectivity index (χ3n) is 2.81. The number of pyridine rings is 1. The molecule has 0 aliphatic rings. The molecule has 21 heavy (non-hydrogen) atoms. The first kappa shape index (κ1) is 17.2. The van der Waals surface area contributed by atoms with Gasteiger partial charge in [0, 0.05) is 0 Å². The Bertz CT molecular complexity index is 543. The van der Waals surface area contributed by atoms with E-state index < -0.39 is 5.97 Å². The van der Waals surface area contributed by atoms with Gasteiger partial charge in [0.05, 0.1) is 0 Å². The minimum absolute atomic E-state index is 0.0575. The fourth-order valence-corrected chi connectivity index (χ4v) is 3.61. The average molecular weight is 350 g/mol. The summed E-state index contributed by atoms with van der Waals surface area (Å²) in [6, 6.07) is 5.04. The van der Waals surface area contributed by atoms with Crippen LogP contribution in [-0.2, 0) is 10.0 Å². The molecule has 111 valence electrons. The van der Waals surface area contributed by atoms with Gasteiger partial charge in [0.1, 0.15) is 0 Å². The molecule has 1 radical (unpaired) electrons. The number of carbonyl (C=O) groups excluding carboxylic acids is 1. The van der Waals surface area contributed by atoms with Crippen LogP contribution in [-0.4, -0.2) is 55.7 Å². The van der Waals surface area contributed by atoms with Gasteiger partial charge in [-0.1, -0.05) is 0 Å². The molecule has 1 N–H and O–H groups in total. The second-order valence-corrected chi connectivity index (χ2v) is 6.53. The van der Waals surface area contributed by atoms with E-state index in [9.17, 15) is 9.59 Å². The molecule has 1 heterocycles. The Hall–Kier alpha value is -1.86. The van der Waals surface area contributed by atoms with Crippen molar-refractivity contribution in [1.29, 1.82) is 5.26 Å². The number of carbonyl (C=O) groups is 2. The van der Waals surface area contributed by atoms with E-state index in [1.165, 1.54) is 12.3 Å². The molecule has 1 aromatic heterocycles. The van der Waals surface area contributed by atoms with Crippen LogP contribution >= 0.6 is 0 Å². The molecule has 0 fully saturated rings. The minimum atomic E-state index is -0.973. The SMILES string of the molecule is CCN(CCC#N)C(=O)C[As]Cc1cc(C(=O)O)ccn1. The molecule has 1 aromatic rings. The zero-order chi connectivity index (χ0) is 15.7. The Morgan fingerprint density at radius 2 is 2.29 bits per heavy atom. The van der Waals surface area contributed by atoms with Crippen molar-refractivity contribution >= 4 is 27.6 Å². The van der Waals surface area contributed by atoms with E-state index >= 15 is 0 Å². The predicted molar refractivity (Wildman–Crippen MR) is 77.9 cm³/mol. The normalized spacial score (nSPS) is 10.5. The number of aromatic nitrogens is 1. The van der Waals surface area contributed by atoms with Crippen LogP contribution in [0.25, 0.3) is 0 Å². The Kier molecular flexibility index (Phi) is 7.49. The molecular formula is C14H17AsN3O3. The molecule has 0 saturated heterocycles. The van der Waals surface area contributed by atoms with Crippen LogP contribution in [0.3, 0.4) is 0 Å². The molecule has 1 rings (SSSR count). The van der Waals surface area contributed by atoms with Crippen molar-refractivity contribution in [3.8, 4) is 6.07 Å². The number of hydrogen-bond acceptors (Lipinski definition) is 4. The van der Waals surface area contributed by atoms with Gasteiger partial charge in [-0.25, -0.2) is 0 Å². The second-order valence-electron chi connectivity index (χ2n) is 4.26. The Balaban J connectivity index is 2.45. The van der Waals surface area contributed by atoms with Gasteiger partial charge in [-0.2, -0.15) is 0 Å². The number of carboxylic acids is 1. The molecule has 0 aliphatic carbocycles. The maximum absolute atomic E-state index is 12.0. The summed E-state index contributed by atoms with van der Waals surface area (Å²) in [6.45, 7) is 2.97. The maximum atomic E-state index is 12.0. The number of aromatic carboxylic acids is 1. The van der Waals surface area contributed by atoms with Gasteiger partial charge in [-0.15, -0.1) is 0 Å². The molecule has 6 nitrogen and oxygen atoms in total. The van der Waals surface area contributed by atoms with Crippen molar-refractivity contribution in [3.05, 3.63) is 29.6 Å². The second kappa shape index (κ2) is 9.14. The standard InChI is InChI=1S/C14H17AsN3O3/c1-2-18(7-3-5-16)13(19)10-15-9-12-8-11(14(20)21)4-6-17-12/h4,6,8H,2-3,7,9-10H2,1H3,(H,20,21). The van der Waals surface area contributed by atoms with Crippen LogP contribution in [0, 0.1) is 11.3 Å². The van der Waals surface area contributed by atoms with Crippen LogP contribution in [0.4, 0.5) is 0 Å². The third-order valence-corrected chi connectivity index (χ3v) is 5.00. The van der Waals surface area contributed by atoms with E-state index in [-0.39, 0.29) is 27.2 Å². The number of carboxylic acid groups (broad SMARTS) is 1. The molecular weight excluding hydrogens is 333 g/mol. The number of hydrogen-bond donors (Lipinski definition) is 1. The van der Waals surface area contributed by atoms with Crippen molar-refractivity contribution in [2.45, 2.75) is 23.8 Å². The number of nitriles is 1. The van der Waals surface area contributed by atoms with Crippen molar-refractivity contribution < 1.29 is 14.7 Å². The van der Waals surface area contributed by atoms with Crippen molar-refractivity contribution in [3.63, 3.8) is 0 Å². The third kappa shape index (κ3) is 5.97. The first-order valence-corrected chi connectivity index (χ1v) is 9.20. The van der Waals surface area contributed by atoms with Crippen LogP contribution < -0.4 is 0 Å². The van der Waals surface area contributed by atoms with Crippen LogP contribution in [0.2, 0.25) is 5.21 Å². The quantitative estimate of drug-likeness (QED) is 0.710. The molecule has 0 aromatic carbocycles. The monoisotopic (exact) mass is 350 g/mol. The van der Waals surface area contributed by atoms with Gasteiger partial charge in [0.25, 0.3) is 0 Å². The Morgan fingerprint density at radius 1 is 1.52 bits per heavy atom. The summed E-state index contributed by atoms with van der Waals surface area (Å²) in [4.78, 5) is 28.6. The summed E-state index contributed by atoms with van der Waals surface area (Å²) < 4.78 is 0. The molecule has 0 bridgehead atoms.